The molecule has 2 aromatic carbocycles. The highest BCUT2D eigenvalue weighted by Gasteiger charge is 2.47. The van der Waals surface area contributed by atoms with Crippen LogP contribution in [0.4, 0.5) is 0 Å². The van der Waals surface area contributed by atoms with Gasteiger partial charge < -0.3 is 9.53 Å². The summed E-state index contributed by atoms with van der Waals surface area (Å²) in [5.41, 5.74) is 3.66. The van der Waals surface area contributed by atoms with E-state index in [4.69, 9.17) is 4.43 Å². The molecule has 0 aromatic heterocycles. The second kappa shape index (κ2) is 8.30. The van der Waals surface area contributed by atoms with Gasteiger partial charge in [-0.1, -0.05) is 53.7 Å². The summed E-state index contributed by atoms with van der Waals surface area (Å²) in [7, 11) is -2.08. The van der Waals surface area contributed by atoms with E-state index < -0.39 is 8.32 Å². The van der Waals surface area contributed by atoms with Crippen molar-refractivity contribution >= 4 is 14.1 Å². The van der Waals surface area contributed by atoms with E-state index in [0.717, 1.165) is 16.9 Å². The van der Waals surface area contributed by atoms with Crippen molar-refractivity contribution in [2.45, 2.75) is 65.1 Å². The molecular formula is C23H32O3Si. The van der Waals surface area contributed by atoms with Crippen molar-refractivity contribution in [2.24, 2.45) is 0 Å². The molecule has 0 bridgehead atoms. The monoisotopic (exact) mass is 384 g/mol. The van der Waals surface area contributed by atoms with E-state index in [2.05, 4.69) is 41.5 Å². The third-order valence-corrected chi connectivity index (χ3v) is 11.5. The van der Waals surface area contributed by atoms with Gasteiger partial charge in [-0.05, 0) is 65.0 Å². The maximum absolute atomic E-state index is 12.2. The summed E-state index contributed by atoms with van der Waals surface area (Å²) < 4.78 is 6.78. The fourth-order valence-electron chi connectivity index (χ4n) is 4.36. The predicted octanol–water partition coefficient (Wildman–Crippen LogP) is 6.82. The normalized spacial score (nSPS) is 12.1. The molecular weight excluding hydrogens is 352 g/mol. The maximum atomic E-state index is 12.2. The van der Waals surface area contributed by atoms with Gasteiger partial charge in [0.2, 0.25) is 0 Å². The van der Waals surface area contributed by atoms with Crippen molar-refractivity contribution in [1.82, 2.24) is 0 Å². The second-order valence-electron chi connectivity index (χ2n) is 8.23. The first-order valence-electron chi connectivity index (χ1n) is 9.73. The zero-order valence-electron chi connectivity index (χ0n) is 17.5. The topological polar surface area (TPSA) is 46.5 Å². The Balaban J connectivity index is 2.59. The van der Waals surface area contributed by atoms with Crippen molar-refractivity contribution in [3.63, 3.8) is 0 Å². The zero-order valence-corrected chi connectivity index (χ0v) is 18.5. The van der Waals surface area contributed by atoms with E-state index in [9.17, 15) is 9.90 Å². The highest BCUT2D eigenvalue weighted by Crippen LogP contribution is 2.43. The molecule has 0 radical (unpaired) electrons. The summed E-state index contributed by atoms with van der Waals surface area (Å²) in [4.78, 5) is 12.2. The fraction of sp³-hybridized carbons (Fsp3) is 0.435. The van der Waals surface area contributed by atoms with Gasteiger partial charge in [-0.3, -0.25) is 4.79 Å². The molecule has 0 spiro atoms. The summed E-state index contributed by atoms with van der Waals surface area (Å²) in [6.07, 6.45) is 0. The first-order chi connectivity index (χ1) is 12.6. The molecule has 3 nitrogen and oxygen atoms in total. The SMILES string of the molecule is CC(=O)c1ccc(O[Si](C(C)C)(C(C)C)C(C)C)cc1-c1cccc(O)c1. The molecule has 0 aliphatic carbocycles. The Kier molecular flexibility index (Phi) is 6.53. The summed E-state index contributed by atoms with van der Waals surface area (Å²) in [6.45, 7) is 15.1. The van der Waals surface area contributed by atoms with E-state index in [1.807, 2.05) is 24.3 Å². The summed E-state index contributed by atoms with van der Waals surface area (Å²) in [5, 5.41) is 9.87. The third-order valence-electron chi connectivity index (χ3n) is 5.53. The van der Waals surface area contributed by atoms with Crippen LogP contribution in [0.3, 0.4) is 0 Å². The number of carbonyl (C=O) groups excluding carboxylic acids is 1. The van der Waals surface area contributed by atoms with Crippen LogP contribution in [-0.4, -0.2) is 19.2 Å². The predicted molar refractivity (Wildman–Crippen MR) is 115 cm³/mol. The minimum atomic E-state index is -2.08. The first-order valence-corrected chi connectivity index (χ1v) is 11.9. The molecule has 0 saturated heterocycles. The third kappa shape index (κ3) is 4.27. The van der Waals surface area contributed by atoms with Crippen LogP contribution in [0.15, 0.2) is 42.5 Å². The smallest absolute Gasteiger partial charge is 0.258 e. The Labute approximate surface area is 164 Å². The number of hydrogen-bond acceptors (Lipinski definition) is 3. The molecule has 0 amide bonds. The van der Waals surface area contributed by atoms with Gasteiger partial charge in [0.15, 0.2) is 5.78 Å². The molecule has 0 unspecified atom stereocenters. The van der Waals surface area contributed by atoms with Crippen LogP contribution in [-0.2, 0) is 0 Å². The Bertz CT molecular complexity index is 787. The molecule has 0 atom stereocenters. The van der Waals surface area contributed by atoms with Gasteiger partial charge in [0.25, 0.3) is 8.32 Å². The zero-order chi connectivity index (χ0) is 20.4. The molecule has 0 aliphatic heterocycles. The fourth-order valence-corrected chi connectivity index (χ4v) is 9.61. The number of aromatic hydroxyl groups is 1. The molecule has 0 heterocycles. The molecule has 146 valence electrons. The number of phenolic OH excluding ortho intramolecular Hbond substituents is 1. The van der Waals surface area contributed by atoms with Crippen LogP contribution in [0.25, 0.3) is 11.1 Å². The molecule has 4 heteroatoms. The first kappa shape index (κ1) is 21.2. The number of phenols is 1. The van der Waals surface area contributed by atoms with Gasteiger partial charge in [0.05, 0.1) is 0 Å². The number of hydrogen-bond donors (Lipinski definition) is 1. The van der Waals surface area contributed by atoms with Gasteiger partial charge in [0.1, 0.15) is 11.5 Å². The van der Waals surface area contributed by atoms with Crippen LogP contribution >= 0.6 is 0 Å². The average molecular weight is 385 g/mol. The quantitative estimate of drug-likeness (QED) is 0.421. The lowest BCUT2D eigenvalue weighted by atomic mass is 9.97. The largest absolute Gasteiger partial charge is 0.543 e. The summed E-state index contributed by atoms with van der Waals surface area (Å²) >= 11 is 0. The number of ketones is 1. The number of benzene rings is 2. The Hall–Kier alpha value is -2.07. The van der Waals surface area contributed by atoms with E-state index in [1.165, 1.54) is 0 Å². The standard InChI is InChI=1S/C23H32O3Si/c1-15(2)27(16(3)4,17(5)6)26-21-11-12-22(18(7)24)23(14-21)19-9-8-10-20(25)13-19/h8-17,25H,1-7H3. The van der Waals surface area contributed by atoms with Crippen molar-refractivity contribution in [3.8, 4) is 22.6 Å². The molecule has 1 N–H and O–H groups in total. The molecule has 27 heavy (non-hydrogen) atoms. The van der Waals surface area contributed by atoms with Crippen LogP contribution < -0.4 is 4.43 Å². The van der Waals surface area contributed by atoms with Crippen molar-refractivity contribution in [3.05, 3.63) is 48.0 Å². The average Bonchev–Trinajstić information content (AvgIpc) is 2.58. The molecule has 0 saturated carbocycles. The van der Waals surface area contributed by atoms with E-state index in [1.54, 1.807) is 25.1 Å². The van der Waals surface area contributed by atoms with Crippen LogP contribution in [0.2, 0.25) is 16.6 Å². The van der Waals surface area contributed by atoms with E-state index >= 15 is 0 Å². The second-order valence-corrected chi connectivity index (χ2v) is 13.6. The summed E-state index contributed by atoms with van der Waals surface area (Å²) in [5.74, 6) is 0.990. The van der Waals surface area contributed by atoms with Gasteiger partial charge in [-0.15, -0.1) is 0 Å². The Morgan fingerprint density at radius 1 is 0.926 bits per heavy atom. The number of carbonyl (C=O) groups is 1. The Morgan fingerprint density at radius 3 is 2.00 bits per heavy atom. The lowest BCUT2D eigenvalue weighted by Gasteiger charge is -2.42. The highest BCUT2D eigenvalue weighted by atomic mass is 28.4. The van der Waals surface area contributed by atoms with Crippen LogP contribution in [0.1, 0.15) is 58.8 Å². The molecule has 0 aliphatic rings. The number of Topliss-reactive ketones (excluding diaryl/α,β-unsaturated/α-hetero) is 1. The minimum Gasteiger partial charge on any atom is -0.543 e. The molecule has 2 aromatic rings. The van der Waals surface area contributed by atoms with Gasteiger partial charge in [-0.25, -0.2) is 0 Å². The van der Waals surface area contributed by atoms with E-state index in [-0.39, 0.29) is 11.5 Å². The van der Waals surface area contributed by atoms with Gasteiger partial charge in [-0.2, -0.15) is 0 Å². The van der Waals surface area contributed by atoms with Crippen LogP contribution in [0, 0.1) is 0 Å². The lowest BCUT2D eigenvalue weighted by molar-refractivity contribution is 0.101. The van der Waals surface area contributed by atoms with Crippen LogP contribution in [0.5, 0.6) is 11.5 Å². The van der Waals surface area contributed by atoms with Crippen molar-refractivity contribution in [1.29, 1.82) is 0 Å². The van der Waals surface area contributed by atoms with Gasteiger partial charge in [0, 0.05) is 5.56 Å². The molecule has 2 rings (SSSR count). The minimum absolute atomic E-state index is 0.0000187. The van der Waals surface area contributed by atoms with E-state index in [0.29, 0.717) is 22.2 Å². The lowest BCUT2D eigenvalue weighted by Crippen LogP contribution is -2.50. The number of rotatable bonds is 7. The highest BCUT2D eigenvalue weighted by molar-refractivity contribution is 6.78. The summed E-state index contributed by atoms with van der Waals surface area (Å²) in [6, 6.07) is 12.7. The van der Waals surface area contributed by atoms with Gasteiger partial charge >= 0.3 is 0 Å². The molecule has 0 fully saturated rings. The maximum Gasteiger partial charge on any atom is 0.258 e. The van der Waals surface area contributed by atoms with Crippen molar-refractivity contribution < 1.29 is 14.3 Å². The van der Waals surface area contributed by atoms with Crippen molar-refractivity contribution in [2.75, 3.05) is 0 Å². The Morgan fingerprint density at radius 2 is 1.52 bits per heavy atom.